The Labute approximate surface area is 136 Å². The van der Waals surface area contributed by atoms with Crippen LogP contribution in [0.25, 0.3) is 0 Å². The number of rotatable bonds is 3. The molecule has 6 heteroatoms. The van der Waals surface area contributed by atoms with Crippen LogP contribution in [-0.2, 0) is 9.53 Å². The molecule has 0 radical (unpaired) electrons. The number of morpholine rings is 1. The van der Waals surface area contributed by atoms with Gasteiger partial charge >= 0.3 is 0 Å². The van der Waals surface area contributed by atoms with Gasteiger partial charge < -0.3 is 15.0 Å². The number of carbonyl (C=O) groups is 1. The van der Waals surface area contributed by atoms with Crippen LogP contribution in [0, 0.1) is 5.82 Å². The molecule has 0 bridgehead atoms. The maximum absolute atomic E-state index is 13.7. The Hall–Kier alpha value is -1.50. The minimum Gasteiger partial charge on any atom is -0.379 e. The summed E-state index contributed by atoms with van der Waals surface area (Å²) in [5.41, 5.74) is 0.725. The second-order valence-electron chi connectivity index (χ2n) is 6.25. The Morgan fingerprint density at radius 2 is 2.13 bits per heavy atom. The lowest BCUT2D eigenvalue weighted by molar-refractivity contribution is -0.140. The highest BCUT2D eigenvalue weighted by Gasteiger charge is 2.33. The monoisotopic (exact) mass is 321 g/mol. The maximum atomic E-state index is 13.7. The van der Waals surface area contributed by atoms with Gasteiger partial charge in [-0.2, -0.15) is 0 Å². The first kappa shape index (κ1) is 16.4. The molecule has 1 amide bonds. The van der Waals surface area contributed by atoms with E-state index >= 15 is 0 Å². The predicted molar refractivity (Wildman–Crippen MR) is 85.6 cm³/mol. The first-order chi connectivity index (χ1) is 11.1. The highest BCUT2D eigenvalue weighted by Crippen LogP contribution is 2.25. The minimum atomic E-state index is -0.431. The van der Waals surface area contributed by atoms with Gasteiger partial charge in [0.25, 0.3) is 0 Å². The fourth-order valence-electron chi connectivity index (χ4n) is 3.33. The summed E-state index contributed by atoms with van der Waals surface area (Å²) in [6.07, 6.45) is 0. The van der Waals surface area contributed by atoms with E-state index in [-0.39, 0.29) is 17.8 Å². The summed E-state index contributed by atoms with van der Waals surface area (Å²) >= 11 is 0. The topological polar surface area (TPSA) is 44.8 Å². The zero-order valence-corrected chi connectivity index (χ0v) is 13.5. The van der Waals surface area contributed by atoms with E-state index in [1.807, 2.05) is 11.0 Å². The van der Waals surface area contributed by atoms with Crippen LogP contribution in [0.1, 0.15) is 18.5 Å². The van der Waals surface area contributed by atoms with Crippen molar-refractivity contribution in [2.24, 2.45) is 0 Å². The fraction of sp³-hybridized carbons (Fsp3) is 0.588. The lowest BCUT2D eigenvalue weighted by Gasteiger charge is -2.39. The van der Waals surface area contributed by atoms with Crippen LogP contribution in [-0.4, -0.2) is 67.7 Å². The zero-order chi connectivity index (χ0) is 16.2. The number of nitrogens with one attached hydrogen (secondary N) is 1. The number of piperazine rings is 1. The van der Waals surface area contributed by atoms with Crippen LogP contribution >= 0.6 is 0 Å². The Kier molecular flexibility index (Phi) is 5.25. The van der Waals surface area contributed by atoms with Crippen molar-refractivity contribution < 1.29 is 13.9 Å². The highest BCUT2D eigenvalue weighted by molar-refractivity contribution is 5.83. The van der Waals surface area contributed by atoms with E-state index in [2.05, 4.69) is 17.1 Å². The van der Waals surface area contributed by atoms with Crippen LogP contribution in [0.5, 0.6) is 0 Å². The molecule has 2 atom stereocenters. The number of carbonyl (C=O) groups excluding carboxylic acids is 1. The number of nitrogens with zero attached hydrogens (tertiary/aromatic N) is 2. The zero-order valence-electron chi connectivity index (χ0n) is 13.5. The molecular weight excluding hydrogens is 297 g/mol. The maximum Gasteiger partial charge on any atom is 0.244 e. The lowest BCUT2D eigenvalue weighted by Crippen LogP contribution is -2.55. The molecule has 2 aliphatic rings. The van der Waals surface area contributed by atoms with Crippen molar-refractivity contribution in [1.82, 2.24) is 15.1 Å². The molecular formula is C17H24FN3O2. The van der Waals surface area contributed by atoms with E-state index in [4.69, 9.17) is 4.74 Å². The Morgan fingerprint density at radius 1 is 1.35 bits per heavy atom. The van der Waals surface area contributed by atoms with Gasteiger partial charge in [-0.25, -0.2) is 4.39 Å². The summed E-state index contributed by atoms with van der Waals surface area (Å²) in [4.78, 5) is 17.1. The SMILES string of the molecule is C[C@@H]1CN(C(=O)[C@H](c2cccc(F)c2)N2CCOCC2)CCN1. The van der Waals surface area contributed by atoms with Crippen LogP contribution < -0.4 is 5.32 Å². The summed E-state index contributed by atoms with van der Waals surface area (Å²) in [5, 5.41) is 3.35. The van der Waals surface area contributed by atoms with Gasteiger partial charge in [0.05, 0.1) is 13.2 Å². The molecule has 3 rings (SSSR count). The van der Waals surface area contributed by atoms with E-state index in [0.29, 0.717) is 39.4 Å². The van der Waals surface area contributed by atoms with Crippen LogP contribution in [0.2, 0.25) is 0 Å². The van der Waals surface area contributed by atoms with Crippen LogP contribution in [0.3, 0.4) is 0 Å². The van der Waals surface area contributed by atoms with Gasteiger partial charge in [-0.1, -0.05) is 12.1 Å². The molecule has 0 unspecified atom stereocenters. The van der Waals surface area contributed by atoms with E-state index in [1.54, 1.807) is 6.07 Å². The average molecular weight is 321 g/mol. The van der Waals surface area contributed by atoms with Crippen molar-refractivity contribution in [3.8, 4) is 0 Å². The quantitative estimate of drug-likeness (QED) is 0.903. The van der Waals surface area contributed by atoms with Gasteiger partial charge in [0.15, 0.2) is 0 Å². The first-order valence-electron chi connectivity index (χ1n) is 8.24. The van der Waals surface area contributed by atoms with Gasteiger partial charge in [0, 0.05) is 38.8 Å². The number of hydrogen-bond acceptors (Lipinski definition) is 4. The number of benzene rings is 1. The Balaban J connectivity index is 1.86. The summed E-state index contributed by atoms with van der Waals surface area (Å²) in [5.74, 6) is -0.243. The number of halogens is 1. The summed E-state index contributed by atoms with van der Waals surface area (Å²) in [6, 6.07) is 6.25. The van der Waals surface area contributed by atoms with Crippen molar-refractivity contribution >= 4 is 5.91 Å². The molecule has 0 saturated carbocycles. The molecule has 1 aromatic rings. The molecule has 2 fully saturated rings. The predicted octanol–water partition coefficient (Wildman–Crippen LogP) is 1.02. The number of ether oxygens (including phenoxy) is 1. The molecule has 2 aliphatic heterocycles. The average Bonchev–Trinajstić information content (AvgIpc) is 2.56. The molecule has 2 saturated heterocycles. The molecule has 0 aliphatic carbocycles. The van der Waals surface area contributed by atoms with Gasteiger partial charge in [0.2, 0.25) is 5.91 Å². The molecule has 2 heterocycles. The molecule has 1 N–H and O–H groups in total. The molecule has 23 heavy (non-hydrogen) atoms. The normalized spacial score (nSPS) is 24.4. The summed E-state index contributed by atoms with van der Waals surface area (Å²) in [7, 11) is 0. The third kappa shape index (κ3) is 3.88. The van der Waals surface area contributed by atoms with Gasteiger partial charge in [-0.15, -0.1) is 0 Å². The standard InChI is InChI=1S/C17H24FN3O2/c1-13-12-21(6-5-19-13)17(22)16(20-7-9-23-10-8-20)14-3-2-4-15(18)11-14/h2-4,11,13,16,19H,5-10,12H2,1H3/t13-,16+/m1/s1. The van der Waals surface area contributed by atoms with Crippen molar-refractivity contribution in [3.63, 3.8) is 0 Å². The second-order valence-corrected chi connectivity index (χ2v) is 6.25. The van der Waals surface area contributed by atoms with Crippen molar-refractivity contribution in [2.75, 3.05) is 45.9 Å². The largest absolute Gasteiger partial charge is 0.379 e. The van der Waals surface area contributed by atoms with Crippen LogP contribution in [0.15, 0.2) is 24.3 Å². The smallest absolute Gasteiger partial charge is 0.244 e. The summed E-state index contributed by atoms with van der Waals surface area (Å²) < 4.78 is 19.1. The van der Waals surface area contributed by atoms with E-state index in [9.17, 15) is 9.18 Å². The van der Waals surface area contributed by atoms with Gasteiger partial charge in [-0.3, -0.25) is 9.69 Å². The van der Waals surface area contributed by atoms with E-state index in [1.165, 1.54) is 12.1 Å². The van der Waals surface area contributed by atoms with Crippen molar-refractivity contribution in [2.45, 2.75) is 19.0 Å². The Morgan fingerprint density at radius 3 is 2.83 bits per heavy atom. The molecule has 1 aromatic carbocycles. The van der Waals surface area contributed by atoms with Gasteiger partial charge in [-0.05, 0) is 24.6 Å². The molecule has 126 valence electrons. The number of amides is 1. The van der Waals surface area contributed by atoms with E-state index < -0.39 is 6.04 Å². The van der Waals surface area contributed by atoms with E-state index in [0.717, 1.165) is 12.1 Å². The third-order valence-electron chi connectivity index (χ3n) is 4.49. The summed E-state index contributed by atoms with van der Waals surface area (Å²) in [6.45, 7) is 6.85. The lowest BCUT2D eigenvalue weighted by atomic mass is 10.0. The minimum absolute atomic E-state index is 0.0610. The molecule has 0 aromatic heterocycles. The molecule has 5 nitrogen and oxygen atoms in total. The third-order valence-corrected chi connectivity index (χ3v) is 4.49. The van der Waals surface area contributed by atoms with Gasteiger partial charge in [0.1, 0.15) is 11.9 Å². The Bertz CT molecular complexity index is 548. The van der Waals surface area contributed by atoms with Crippen LogP contribution in [0.4, 0.5) is 4.39 Å². The van der Waals surface area contributed by atoms with Crippen molar-refractivity contribution in [1.29, 1.82) is 0 Å². The van der Waals surface area contributed by atoms with Crippen molar-refractivity contribution in [3.05, 3.63) is 35.6 Å². The first-order valence-corrected chi connectivity index (χ1v) is 8.24. The number of hydrogen-bond donors (Lipinski definition) is 1. The second kappa shape index (κ2) is 7.38. The fourth-order valence-corrected chi connectivity index (χ4v) is 3.33. The highest BCUT2D eigenvalue weighted by atomic mass is 19.1. The molecule has 0 spiro atoms.